The Morgan fingerprint density at radius 1 is 1.30 bits per heavy atom. The Kier molecular flexibility index (Phi) is 5.98. The Balaban J connectivity index is 2.55. The molecule has 1 N–H and O–H groups in total. The Bertz CT molecular complexity index is 454. The summed E-state index contributed by atoms with van der Waals surface area (Å²) in [6, 6.07) is 4.94. The highest BCUT2D eigenvalue weighted by molar-refractivity contribution is 5.90. The molecule has 0 atom stereocenters. The summed E-state index contributed by atoms with van der Waals surface area (Å²) in [7, 11) is 3.13. The monoisotopic (exact) mass is 282 g/mol. The lowest BCUT2D eigenvalue weighted by Crippen LogP contribution is -2.24. The zero-order valence-electron chi connectivity index (χ0n) is 12.4. The van der Waals surface area contributed by atoms with Gasteiger partial charge < -0.3 is 19.3 Å². The fourth-order valence-electron chi connectivity index (χ4n) is 1.61. The highest BCUT2D eigenvalue weighted by Gasteiger charge is 2.16. The van der Waals surface area contributed by atoms with Crippen molar-refractivity contribution in [2.45, 2.75) is 32.5 Å². The third kappa shape index (κ3) is 4.83. The summed E-state index contributed by atoms with van der Waals surface area (Å²) >= 11 is 0. The second-order valence-electron chi connectivity index (χ2n) is 5.11. The lowest BCUT2D eigenvalue weighted by Gasteiger charge is -2.22. The van der Waals surface area contributed by atoms with Crippen LogP contribution in [0.25, 0.3) is 0 Å². The maximum absolute atomic E-state index is 11.0. The molecule has 0 amide bonds. The summed E-state index contributed by atoms with van der Waals surface area (Å²) in [5.74, 6) is -0.660. The topological polar surface area (TPSA) is 65.0 Å². The van der Waals surface area contributed by atoms with Gasteiger partial charge in [-0.2, -0.15) is 0 Å². The van der Waals surface area contributed by atoms with E-state index in [2.05, 4.69) is 0 Å². The fraction of sp³-hybridized carbons (Fsp3) is 0.533. The fourth-order valence-corrected chi connectivity index (χ4v) is 1.61. The Labute approximate surface area is 119 Å². The van der Waals surface area contributed by atoms with Crippen LogP contribution in [0.2, 0.25) is 0 Å². The number of hydrogen-bond acceptors (Lipinski definition) is 4. The molecule has 0 aliphatic carbocycles. The molecule has 0 unspecified atom stereocenters. The minimum absolute atomic E-state index is 0.150. The molecule has 0 aliphatic heterocycles. The number of carboxylic acids is 1. The van der Waals surface area contributed by atoms with E-state index in [0.717, 1.165) is 12.0 Å². The molecule has 0 bridgehead atoms. The van der Waals surface area contributed by atoms with E-state index in [4.69, 9.17) is 19.3 Å². The molecule has 0 radical (unpaired) electrons. The van der Waals surface area contributed by atoms with Crippen LogP contribution in [0.5, 0.6) is 5.75 Å². The Morgan fingerprint density at radius 2 is 2.00 bits per heavy atom. The number of rotatable bonds is 8. The third-order valence-corrected chi connectivity index (χ3v) is 3.17. The number of aromatic carboxylic acids is 1. The van der Waals surface area contributed by atoms with Crippen LogP contribution in [0.15, 0.2) is 18.2 Å². The number of ether oxygens (including phenoxy) is 3. The quantitative estimate of drug-likeness (QED) is 0.743. The molecule has 1 aromatic rings. The number of methoxy groups -OCH3 is 2. The first-order valence-corrected chi connectivity index (χ1v) is 6.42. The Morgan fingerprint density at radius 3 is 2.55 bits per heavy atom. The number of hydrogen-bond donors (Lipinski definition) is 1. The van der Waals surface area contributed by atoms with E-state index in [-0.39, 0.29) is 11.2 Å². The average Bonchev–Trinajstić information content (AvgIpc) is 2.43. The van der Waals surface area contributed by atoms with Crippen molar-refractivity contribution in [2.24, 2.45) is 0 Å². The molecule has 5 nitrogen and oxygen atoms in total. The van der Waals surface area contributed by atoms with E-state index in [1.165, 1.54) is 13.2 Å². The van der Waals surface area contributed by atoms with Gasteiger partial charge in [-0.1, -0.05) is 6.07 Å². The summed E-state index contributed by atoms with van der Waals surface area (Å²) < 4.78 is 15.9. The molecule has 0 fully saturated rings. The molecule has 0 heterocycles. The minimum Gasteiger partial charge on any atom is -0.496 e. The molecule has 20 heavy (non-hydrogen) atoms. The predicted molar refractivity (Wildman–Crippen MR) is 75.3 cm³/mol. The van der Waals surface area contributed by atoms with Gasteiger partial charge in [0.25, 0.3) is 0 Å². The first-order chi connectivity index (χ1) is 9.39. The zero-order valence-corrected chi connectivity index (χ0v) is 12.4. The number of carboxylic acid groups (broad SMARTS) is 1. The van der Waals surface area contributed by atoms with Gasteiger partial charge in [-0.25, -0.2) is 4.79 Å². The second-order valence-corrected chi connectivity index (χ2v) is 5.11. The summed E-state index contributed by atoms with van der Waals surface area (Å²) in [6.45, 7) is 4.99. The van der Waals surface area contributed by atoms with Crippen molar-refractivity contribution in [3.63, 3.8) is 0 Å². The predicted octanol–water partition coefficient (Wildman–Crippen LogP) is 2.73. The first-order valence-electron chi connectivity index (χ1n) is 6.42. The van der Waals surface area contributed by atoms with Crippen molar-refractivity contribution >= 4 is 5.97 Å². The molecule has 112 valence electrons. The Hall–Kier alpha value is -1.59. The number of benzene rings is 1. The van der Waals surface area contributed by atoms with E-state index >= 15 is 0 Å². The molecule has 0 saturated carbocycles. The van der Waals surface area contributed by atoms with Gasteiger partial charge in [0.05, 0.1) is 19.3 Å². The summed E-state index contributed by atoms with van der Waals surface area (Å²) in [4.78, 5) is 11.0. The zero-order chi connectivity index (χ0) is 15.2. The summed E-state index contributed by atoms with van der Waals surface area (Å²) in [6.07, 6.45) is 0.786. The van der Waals surface area contributed by atoms with E-state index in [1.54, 1.807) is 19.2 Å². The SMILES string of the molecule is COc1cc(COCCC(C)(C)OC)ccc1C(=O)O. The van der Waals surface area contributed by atoms with Crippen LogP contribution in [0, 0.1) is 0 Å². The van der Waals surface area contributed by atoms with E-state index in [9.17, 15) is 4.79 Å². The van der Waals surface area contributed by atoms with Gasteiger partial charge in [0, 0.05) is 13.7 Å². The van der Waals surface area contributed by atoms with Gasteiger partial charge in [-0.15, -0.1) is 0 Å². The normalized spacial score (nSPS) is 11.4. The molecule has 0 spiro atoms. The lowest BCUT2D eigenvalue weighted by molar-refractivity contribution is -0.0124. The second kappa shape index (κ2) is 7.26. The van der Waals surface area contributed by atoms with Crippen molar-refractivity contribution in [3.8, 4) is 5.75 Å². The van der Waals surface area contributed by atoms with Crippen molar-refractivity contribution in [1.82, 2.24) is 0 Å². The molecular weight excluding hydrogens is 260 g/mol. The highest BCUT2D eigenvalue weighted by Crippen LogP contribution is 2.21. The maximum Gasteiger partial charge on any atom is 0.339 e. The van der Waals surface area contributed by atoms with Gasteiger partial charge in [0.15, 0.2) is 0 Å². The van der Waals surface area contributed by atoms with Crippen LogP contribution in [0.4, 0.5) is 0 Å². The average molecular weight is 282 g/mol. The van der Waals surface area contributed by atoms with Crippen LogP contribution >= 0.6 is 0 Å². The molecule has 0 aromatic heterocycles. The lowest BCUT2D eigenvalue weighted by atomic mass is 10.1. The van der Waals surface area contributed by atoms with Gasteiger partial charge in [-0.05, 0) is 38.0 Å². The van der Waals surface area contributed by atoms with E-state index in [1.807, 2.05) is 13.8 Å². The van der Waals surface area contributed by atoms with E-state index in [0.29, 0.717) is 19.0 Å². The van der Waals surface area contributed by atoms with Gasteiger partial charge in [0.1, 0.15) is 11.3 Å². The van der Waals surface area contributed by atoms with Gasteiger partial charge in [-0.3, -0.25) is 0 Å². The summed E-state index contributed by atoms with van der Waals surface area (Å²) in [5, 5.41) is 8.99. The smallest absolute Gasteiger partial charge is 0.339 e. The van der Waals surface area contributed by atoms with E-state index < -0.39 is 5.97 Å². The largest absolute Gasteiger partial charge is 0.496 e. The maximum atomic E-state index is 11.0. The molecule has 0 saturated heterocycles. The highest BCUT2D eigenvalue weighted by atomic mass is 16.5. The van der Waals surface area contributed by atoms with Gasteiger partial charge >= 0.3 is 5.97 Å². The molecular formula is C15H22O5. The molecule has 5 heteroatoms. The van der Waals surface area contributed by atoms with Crippen LogP contribution in [0.3, 0.4) is 0 Å². The van der Waals surface area contributed by atoms with Crippen molar-refractivity contribution in [3.05, 3.63) is 29.3 Å². The van der Waals surface area contributed by atoms with Crippen LogP contribution in [0.1, 0.15) is 36.2 Å². The first kappa shape index (κ1) is 16.5. The minimum atomic E-state index is -1.00. The molecule has 0 aliphatic rings. The number of carbonyl (C=O) groups is 1. The molecule has 1 aromatic carbocycles. The van der Waals surface area contributed by atoms with Crippen molar-refractivity contribution in [2.75, 3.05) is 20.8 Å². The van der Waals surface area contributed by atoms with Crippen LogP contribution in [-0.2, 0) is 16.1 Å². The van der Waals surface area contributed by atoms with Gasteiger partial charge in [0.2, 0.25) is 0 Å². The summed E-state index contributed by atoms with van der Waals surface area (Å²) in [5.41, 5.74) is 0.823. The van der Waals surface area contributed by atoms with Crippen LogP contribution in [-0.4, -0.2) is 37.5 Å². The van der Waals surface area contributed by atoms with Crippen molar-refractivity contribution < 1.29 is 24.1 Å². The van der Waals surface area contributed by atoms with Crippen molar-refractivity contribution in [1.29, 1.82) is 0 Å². The van der Waals surface area contributed by atoms with Crippen LogP contribution < -0.4 is 4.74 Å². The molecule has 1 rings (SSSR count). The standard InChI is InChI=1S/C15H22O5/c1-15(2,19-4)7-8-20-10-11-5-6-12(14(16)17)13(9-11)18-3/h5-6,9H,7-8,10H2,1-4H3,(H,16,17). The third-order valence-electron chi connectivity index (χ3n) is 3.17.